The van der Waals surface area contributed by atoms with E-state index in [-0.39, 0.29) is 10.7 Å². The molecule has 1 N–H and O–H groups in total. The fourth-order valence-electron chi connectivity index (χ4n) is 2.47. The highest BCUT2D eigenvalue weighted by atomic mass is 35.5. The summed E-state index contributed by atoms with van der Waals surface area (Å²) in [6.07, 6.45) is 1.04. The first-order chi connectivity index (χ1) is 12.1. The predicted octanol–water partition coefficient (Wildman–Crippen LogP) is 3.77. The first-order valence-electron chi connectivity index (χ1n) is 7.87. The number of rotatable bonds is 6. The fourth-order valence-corrected chi connectivity index (χ4v) is 3.93. The van der Waals surface area contributed by atoms with Crippen LogP contribution in [-0.4, -0.2) is 26.6 Å². The lowest BCUT2D eigenvalue weighted by atomic mass is 10.1. The molecule has 0 aliphatic heterocycles. The molecule has 2 aromatic rings. The van der Waals surface area contributed by atoms with Crippen LogP contribution in [0.4, 0.5) is 5.69 Å². The summed E-state index contributed by atoms with van der Waals surface area (Å²) in [6, 6.07) is 11.2. The molecule has 8 heteroatoms. The monoisotopic (exact) mass is 414 g/mol. The van der Waals surface area contributed by atoms with E-state index in [1.807, 2.05) is 31.2 Å². The third-order valence-corrected chi connectivity index (χ3v) is 5.81. The molecule has 0 unspecified atom stereocenters. The van der Waals surface area contributed by atoms with Gasteiger partial charge in [-0.1, -0.05) is 53.0 Å². The zero-order valence-electron chi connectivity index (χ0n) is 14.7. The van der Waals surface area contributed by atoms with Gasteiger partial charge in [0.1, 0.15) is 6.04 Å². The highest BCUT2D eigenvalue weighted by Gasteiger charge is 2.29. The van der Waals surface area contributed by atoms with Crippen LogP contribution in [0.5, 0.6) is 0 Å². The topological polar surface area (TPSA) is 66.5 Å². The number of nitrogens with zero attached hydrogens (tertiary/aromatic N) is 1. The summed E-state index contributed by atoms with van der Waals surface area (Å²) in [6.45, 7) is 3.81. The summed E-state index contributed by atoms with van der Waals surface area (Å²) in [5.74, 6) is -0.415. The first kappa shape index (κ1) is 20.6. The Balaban J connectivity index is 2.20. The van der Waals surface area contributed by atoms with Gasteiger partial charge in [0.15, 0.2) is 0 Å². The second-order valence-electron chi connectivity index (χ2n) is 6.04. The third-order valence-electron chi connectivity index (χ3n) is 3.83. The Bertz CT molecular complexity index is 899. The number of benzene rings is 2. The zero-order valence-corrected chi connectivity index (χ0v) is 17.0. The number of sulfonamides is 1. The van der Waals surface area contributed by atoms with Crippen LogP contribution in [-0.2, 0) is 21.4 Å². The maximum Gasteiger partial charge on any atom is 0.243 e. The Labute approximate surface area is 164 Å². The summed E-state index contributed by atoms with van der Waals surface area (Å²) >= 11 is 11.9. The van der Waals surface area contributed by atoms with Crippen molar-refractivity contribution in [3.63, 3.8) is 0 Å². The summed E-state index contributed by atoms with van der Waals surface area (Å²) in [7, 11) is -3.71. The molecule has 0 heterocycles. The van der Waals surface area contributed by atoms with Gasteiger partial charge in [0.25, 0.3) is 0 Å². The Hall–Kier alpha value is -1.76. The van der Waals surface area contributed by atoms with E-state index in [9.17, 15) is 13.2 Å². The lowest BCUT2D eigenvalue weighted by Gasteiger charge is -2.28. The summed E-state index contributed by atoms with van der Waals surface area (Å²) in [4.78, 5) is 12.5. The highest BCUT2D eigenvalue weighted by Crippen LogP contribution is 2.29. The van der Waals surface area contributed by atoms with Crippen molar-refractivity contribution in [2.24, 2.45) is 0 Å². The van der Waals surface area contributed by atoms with Crippen LogP contribution in [0.3, 0.4) is 0 Å². The van der Waals surface area contributed by atoms with Crippen molar-refractivity contribution >= 4 is 44.8 Å². The van der Waals surface area contributed by atoms with Crippen LogP contribution in [0, 0.1) is 6.92 Å². The fraction of sp³-hybridized carbons (Fsp3) is 0.278. The van der Waals surface area contributed by atoms with E-state index in [0.717, 1.165) is 21.7 Å². The molecule has 140 valence electrons. The Morgan fingerprint density at radius 1 is 1.12 bits per heavy atom. The van der Waals surface area contributed by atoms with Crippen molar-refractivity contribution in [1.82, 2.24) is 5.32 Å². The third kappa shape index (κ3) is 5.13. The van der Waals surface area contributed by atoms with Gasteiger partial charge in [0.05, 0.1) is 22.0 Å². The van der Waals surface area contributed by atoms with Crippen LogP contribution < -0.4 is 9.62 Å². The minimum absolute atomic E-state index is 0.213. The molecule has 1 amide bonds. The Morgan fingerprint density at radius 2 is 1.73 bits per heavy atom. The van der Waals surface area contributed by atoms with Gasteiger partial charge in [0, 0.05) is 6.54 Å². The van der Waals surface area contributed by atoms with Crippen LogP contribution in [0.15, 0.2) is 42.5 Å². The molecule has 0 spiro atoms. The maximum atomic E-state index is 12.5. The number of carbonyl (C=O) groups excluding carboxylic acids is 1. The van der Waals surface area contributed by atoms with Gasteiger partial charge in [-0.25, -0.2) is 8.42 Å². The standard InChI is InChI=1S/C18H20Cl2N2O3S/c1-12-4-6-14(7-5-12)11-21-18(23)13(2)22(26(3,24)25)15-8-9-16(19)17(20)10-15/h4-10,13H,11H2,1-3H3,(H,21,23)/t13-/m1/s1. The minimum atomic E-state index is -3.71. The summed E-state index contributed by atoms with van der Waals surface area (Å²) in [5, 5.41) is 3.28. The molecule has 0 aliphatic carbocycles. The molecule has 0 bridgehead atoms. The maximum absolute atomic E-state index is 12.5. The van der Waals surface area contributed by atoms with E-state index in [0.29, 0.717) is 11.6 Å². The quantitative estimate of drug-likeness (QED) is 0.781. The van der Waals surface area contributed by atoms with Gasteiger partial charge >= 0.3 is 0 Å². The minimum Gasteiger partial charge on any atom is -0.350 e. The van der Waals surface area contributed by atoms with E-state index in [4.69, 9.17) is 23.2 Å². The number of hydrogen-bond donors (Lipinski definition) is 1. The van der Waals surface area contributed by atoms with E-state index >= 15 is 0 Å². The molecular formula is C18H20Cl2N2O3S. The van der Waals surface area contributed by atoms with Gasteiger partial charge in [-0.3, -0.25) is 9.10 Å². The number of aryl methyl sites for hydroxylation is 1. The molecule has 2 aromatic carbocycles. The van der Waals surface area contributed by atoms with Gasteiger partial charge < -0.3 is 5.32 Å². The van der Waals surface area contributed by atoms with Crippen molar-refractivity contribution in [2.75, 3.05) is 10.6 Å². The molecule has 0 radical (unpaired) electrons. The van der Waals surface area contributed by atoms with Crippen LogP contribution >= 0.6 is 23.2 Å². The number of carbonyl (C=O) groups is 1. The number of amides is 1. The first-order valence-corrected chi connectivity index (χ1v) is 10.5. The van der Waals surface area contributed by atoms with E-state index in [1.54, 1.807) is 0 Å². The number of anilines is 1. The number of nitrogens with one attached hydrogen (secondary N) is 1. The van der Waals surface area contributed by atoms with Gasteiger partial charge in [-0.15, -0.1) is 0 Å². The normalized spacial score (nSPS) is 12.5. The average Bonchev–Trinajstić information content (AvgIpc) is 2.56. The van der Waals surface area contributed by atoms with Crippen LogP contribution in [0.1, 0.15) is 18.1 Å². The molecule has 5 nitrogen and oxygen atoms in total. The van der Waals surface area contributed by atoms with Crippen molar-refractivity contribution in [2.45, 2.75) is 26.4 Å². The lowest BCUT2D eigenvalue weighted by molar-refractivity contribution is -0.122. The largest absolute Gasteiger partial charge is 0.350 e. The van der Waals surface area contributed by atoms with E-state index < -0.39 is 22.0 Å². The molecule has 0 saturated heterocycles. The Morgan fingerprint density at radius 3 is 2.27 bits per heavy atom. The van der Waals surface area contributed by atoms with Crippen molar-refractivity contribution in [3.8, 4) is 0 Å². The molecule has 2 rings (SSSR count). The highest BCUT2D eigenvalue weighted by molar-refractivity contribution is 7.92. The average molecular weight is 415 g/mol. The van der Waals surface area contributed by atoms with E-state index in [2.05, 4.69) is 5.32 Å². The lowest BCUT2D eigenvalue weighted by Crippen LogP contribution is -2.47. The molecule has 1 atom stereocenters. The molecule has 0 aliphatic rings. The second-order valence-corrected chi connectivity index (χ2v) is 8.71. The zero-order chi connectivity index (χ0) is 19.5. The van der Waals surface area contributed by atoms with Crippen LogP contribution in [0.25, 0.3) is 0 Å². The van der Waals surface area contributed by atoms with Gasteiger partial charge in [0.2, 0.25) is 15.9 Å². The molecule has 0 aromatic heterocycles. The smallest absolute Gasteiger partial charge is 0.243 e. The van der Waals surface area contributed by atoms with Crippen LogP contribution in [0.2, 0.25) is 10.0 Å². The van der Waals surface area contributed by atoms with Gasteiger partial charge in [-0.05, 0) is 37.6 Å². The van der Waals surface area contributed by atoms with Gasteiger partial charge in [-0.2, -0.15) is 0 Å². The molecule has 0 fully saturated rings. The number of hydrogen-bond acceptors (Lipinski definition) is 3. The Kier molecular flexibility index (Phi) is 6.55. The predicted molar refractivity (Wildman–Crippen MR) is 106 cm³/mol. The molecule has 0 saturated carbocycles. The number of halogens is 2. The molecular weight excluding hydrogens is 395 g/mol. The van der Waals surface area contributed by atoms with Crippen molar-refractivity contribution < 1.29 is 13.2 Å². The molecule has 26 heavy (non-hydrogen) atoms. The van der Waals surface area contributed by atoms with E-state index in [1.165, 1.54) is 25.1 Å². The van der Waals surface area contributed by atoms with Crippen molar-refractivity contribution in [1.29, 1.82) is 0 Å². The SMILES string of the molecule is Cc1ccc(CNC(=O)[C@@H](C)N(c2ccc(Cl)c(Cl)c2)S(C)(=O)=O)cc1. The van der Waals surface area contributed by atoms with Crippen molar-refractivity contribution in [3.05, 3.63) is 63.6 Å². The summed E-state index contributed by atoms with van der Waals surface area (Å²) in [5.41, 5.74) is 2.33. The summed E-state index contributed by atoms with van der Waals surface area (Å²) < 4.78 is 25.5. The second kappa shape index (κ2) is 8.29.